The van der Waals surface area contributed by atoms with Gasteiger partial charge in [0.15, 0.2) is 5.78 Å². The smallest absolute Gasteiger partial charge is 0.166 e. The maximum atomic E-state index is 13.3. The second kappa shape index (κ2) is 5.38. The molecular formula is C13H15FO3. The first-order valence-electron chi connectivity index (χ1n) is 5.71. The van der Waals surface area contributed by atoms with E-state index >= 15 is 0 Å². The van der Waals surface area contributed by atoms with Crippen LogP contribution in [0.2, 0.25) is 0 Å². The second-order valence-corrected chi connectivity index (χ2v) is 3.99. The van der Waals surface area contributed by atoms with Gasteiger partial charge in [-0.1, -0.05) is 18.2 Å². The Labute approximate surface area is 99.5 Å². The van der Waals surface area contributed by atoms with Crippen LogP contribution in [0.1, 0.15) is 18.9 Å². The summed E-state index contributed by atoms with van der Waals surface area (Å²) in [5.74, 6) is -0.225. The van der Waals surface area contributed by atoms with Gasteiger partial charge in [-0.25, -0.2) is 4.39 Å². The Kier molecular flexibility index (Phi) is 3.86. The highest BCUT2D eigenvalue weighted by Crippen LogP contribution is 2.24. The second-order valence-electron chi connectivity index (χ2n) is 3.99. The lowest BCUT2D eigenvalue weighted by Crippen LogP contribution is -2.50. The highest BCUT2D eigenvalue weighted by molar-refractivity contribution is 5.90. The van der Waals surface area contributed by atoms with Gasteiger partial charge in [0.25, 0.3) is 0 Å². The number of carbonyl (C=O) groups excluding carboxylic acids is 1. The summed E-state index contributed by atoms with van der Waals surface area (Å²) in [7, 11) is 0. The minimum Gasteiger partial charge on any atom is -0.370 e. The van der Waals surface area contributed by atoms with E-state index in [1.807, 2.05) is 6.92 Å². The SMILES string of the molecule is CCOC1C(=O)CC1OCc1ccccc1F. The Hall–Kier alpha value is -1.26. The third-order valence-electron chi connectivity index (χ3n) is 2.81. The van der Waals surface area contributed by atoms with Crippen molar-refractivity contribution in [3.05, 3.63) is 35.6 Å². The number of rotatable bonds is 5. The monoisotopic (exact) mass is 238 g/mol. The van der Waals surface area contributed by atoms with Crippen molar-refractivity contribution in [1.29, 1.82) is 0 Å². The molecule has 92 valence electrons. The fourth-order valence-corrected chi connectivity index (χ4v) is 1.81. The van der Waals surface area contributed by atoms with E-state index in [0.717, 1.165) is 0 Å². The van der Waals surface area contributed by atoms with Crippen molar-refractivity contribution in [2.75, 3.05) is 6.61 Å². The predicted octanol–water partition coefficient (Wildman–Crippen LogP) is 2.09. The summed E-state index contributed by atoms with van der Waals surface area (Å²) < 4.78 is 24.1. The third-order valence-corrected chi connectivity index (χ3v) is 2.81. The molecule has 1 aliphatic rings. The van der Waals surface area contributed by atoms with Gasteiger partial charge in [0.2, 0.25) is 0 Å². The molecule has 2 rings (SSSR count). The van der Waals surface area contributed by atoms with Crippen LogP contribution in [-0.2, 0) is 20.9 Å². The molecule has 2 unspecified atom stereocenters. The zero-order valence-electron chi connectivity index (χ0n) is 9.69. The molecule has 0 saturated heterocycles. The summed E-state index contributed by atoms with van der Waals surface area (Å²) >= 11 is 0. The van der Waals surface area contributed by atoms with Gasteiger partial charge in [0.1, 0.15) is 11.9 Å². The summed E-state index contributed by atoms with van der Waals surface area (Å²) in [5.41, 5.74) is 0.502. The molecule has 0 amide bonds. The molecule has 1 aromatic rings. The van der Waals surface area contributed by atoms with Gasteiger partial charge >= 0.3 is 0 Å². The first-order valence-corrected chi connectivity index (χ1v) is 5.71. The van der Waals surface area contributed by atoms with Gasteiger partial charge in [-0.15, -0.1) is 0 Å². The van der Waals surface area contributed by atoms with Gasteiger partial charge in [-0.2, -0.15) is 0 Å². The van der Waals surface area contributed by atoms with E-state index in [1.54, 1.807) is 18.2 Å². The van der Waals surface area contributed by atoms with Crippen LogP contribution in [0.15, 0.2) is 24.3 Å². The van der Waals surface area contributed by atoms with E-state index in [-0.39, 0.29) is 24.3 Å². The molecule has 0 heterocycles. The van der Waals surface area contributed by atoms with Crippen LogP contribution in [-0.4, -0.2) is 24.6 Å². The van der Waals surface area contributed by atoms with Gasteiger partial charge in [-0.05, 0) is 13.0 Å². The minimum atomic E-state index is -0.466. The van der Waals surface area contributed by atoms with E-state index in [0.29, 0.717) is 18.6 Å². The average molecular weight is 238 g/mol. The highest BCUT2D eigenvalue weighted by Gasteiger charge is 2.41. The van der Waals surface area contributed by atoms with E-state index < -0.39 is 6.10 Å². The Balaban J connectivity index is 1.87. The number of Topliss-reactive ketones (excluding diaryl/α,β-unsaturated/α-hetero) is 1. The summed E-state index contributed by atoms with van der Waals surface area (Å²) in [6, 6.07) is 6.46. The van der Waals surface area contributed by atoms with Crippen LogP contribution < -0.4 is 0 Å². The molecule has 1 aliphatic carbocycles. The zero-order chi connectivity index (χ0) is 12.3. The topological polar surface area (TPSA) is 35.5 Å². The van der Waals surface area contributed by atoms with Crippen molar-refractivity contribution in [2.45, 2.75) is 32.2 Å². The molecule has 4 heteroatoms. The molecule has 2 atom stereocenters. The van der Waals surface area contributed by atoms with Crippen LogP contribution in [0.25, 0.3) is 0 Å². The van der Waals surface area contributed by atoms with Crippen LogP contribution in [0.4, 0.5) is 4.39 Å². The van der Waals surface area contributed by atoms with Crippen LogP contribution in [0.5, 0.6) is 0 Å². The van der Waals surface area contributed by atoms with Crippen molar-refractivity contribution in [2.24, 2.45) is 0 Å². The summed E-state index contributed by atoms with van der Waals surface area (Å²) in [6.07, 6.45) is -0.340. The predicted molar refractivity (Wildman–Crippen MR) is 60.0 cm³/mol. The minimum absolute atomic E-state index is 0.0605. The first-order chi connectivity index (χ1) is 8.22. The van der Waals surface area contributed by atoms with Gasteiger partial charge in [0.05, 0.1) is 12.7 Å². The molecule has 1 saturated carbocycles. The van der Waals surface area contributed by atoms with Crippen LogP contribution in [0, 0.1) is 5.82 Å². The maximum absolute atomic E-state index is 13.3. The largest absolute Gasteiger partial charge is 0.370 e. The Morgan fingerprint density at radius 2 is 2.12 bits per heavy atom. The fraction of sp³-hybridized carbons (Fsp3) is 0.462. The summed E-state index contributed by atoms with van der Waals surface area (Å²) in [5, 5.41) is 0. The lowest BCUT2D eigenvalue weighted by molar-refractivity contribution is -0.166. The zero-order valence-corrected chi connectivity index (χ0v) is 9.69. The summed E-state index contributed by atoms with van der Waals surface area (Å²) in [6.45, 7) is 2.49. The highest BCUT2D eigenvalue weighted by atomic mass is 19.1. The molecule has 0 radical (unpaired) electrons. The Morgan fingerprint density at radius 3 is 2.76 bits per heavy atom. The lowest BCUT2D eigenvalue weighted by atomic mass is 9.90. The first kappa shape index (κ1) is 12.2. The number of ketones is 1. The van der Waals surface area contributed by atoms with Crippen molar-refractivity contribution < 1.29 is 18.7 Å². The molecule has 0 N–H and O–H groups in total. The quantitative estimate of drug-likeness (QED) is 0.788. The molecule has 3 nitrogen and oxygen atoms in total. The number of hydrogen-bond acceptors (Lipinski definition) is 3. The lowest BCUT2D eigenvalue weighted by Gasteiger charge is -2.34. The summed E-state index contributed by atoms with van der Waals surface area (Å²) in [4.78, 5) is 11.2. The van der Waals surface area contributed by atoms with Crippen LogP contribution >= 0.6 is 0 Å². The molecule has 0 aromatic heterocycles. The van der Waals surface area contributed by atoms with Crippen molar-refractivity contribution in [1.82, 2.24) is 0 Å². The fourth-order valence-electron chi connectivity index (χ4n) is 1.81. The van der Waals surface area contributed by atoms with Gasteiger partial charge < -0.3 is 9.47 Å². The maximum Gasteiger partial charge on any atom is 0.166 e. The molecular weight excluding hydrogens is 223 g/mol. The van der Waals surface area contributed by atoms with Crippen molar-refractivity contribution in [3.8, 4) is 0 Å². The standard InChI is InChI=1S/C13H15FO3/c1-2-16-13-11(15)7-12(13)17-8-9-5-3-4-6-10(9)14/h3-6,12-13H,2,7-8H2,1H3. The molecule has 17 heavy (non-hydrogen) atoms. The third kappa shape index (κ3) is 2.70. The average Bonchev–Trinajstić information content (AvgIpc) is 2.33. The molecule has 1 fully saturated rings. The number of benzene rings is 1. The molecule has 0 bridgehead atoms. The van der Waals surface area contributed by atoms with Crippen LogP contribution in [0.3, 0.4) is 0 Å². The number of ether oxygens (including phenoxy) is 2. The van der Waals surface area contributed by atoms with E-state index in [9.17, 15) is 9.18 Å². The number of carbonyl (C=O) groups is 1. The molecule has 1 aromatic carbocycles. The number of halogens is 1. The normalized spacial score (nSPS) is 23.5. The number of hydrogen-bond donors (Lipinski definition) is 0. The Bertz CT molecular complexity index is 405. The van der Waals surface area contributed by atoms with Crippen molar-refractivity contribution in [3.63, 3.8) is 0 Å². The van der Waals surface area contributed by atoms with E-state index in [2.05, 4.69) is 0 Å². The molecule has 0 spiro atoms. The molecule has 0 aliphatic heterocycles. The van der Waals surface area contributed by atoms with E-state index in [4.69, 9.17) is 9.47 Å². The van der Waals surface area contributed by atoms with Gasteiger partial charge in [-0.3, -0.25) is 4.79 Å². The van der Waals surface area contributed by atoms with E-state index in [1.165, 1.54) is 6.07 Å². The van der Waals surface area contributed by atoms with Crippen molar-refractivity contribution >= 4 is 5.78 Å². The van der Waals surface area contributed by atoms with Gasteiger partial charge in [0, 0.05) is 18.6 Å². The Morgan fingerprint density at radius 1 is 1.35 bits per heavy atom.